The third kappa shape index (κ3) is 29.1. The van der Waals surface area contributed by atoms with Gasteiger partial charge in [0, 0.05) is 19.4 Å². The molecular formula is C31H61NO3. The van der Waals surface area contributed by atoms with E-state index < -0.39 is 0 Å². The monoisotopic (exact) mass is 495 g/mol. The van der Waals surface area contributed by atoms with Gasteiger partial charge in [-0.1, -0.05) is 142 Å². The molecule has 0 aliphatic rings. The molecule has 4 nitrogen and oxygen atoms in total. The lowest BCUT2D eigenvalue weighted by atomic mass is 10.1. The van der Waals surface area contributed by atoms with Gasteiger partial charge in [-0.2, -0.15) is 0 Å². The molecule has 1 N–H and O–H groups in total. The lowest BCUT2D eigenvalue weighted by molar-refractivity contribution is -0.143. The maximum Gasteiger partial charge on any atom is 0.305 e. The van der Waals surface area contributed by atoms with E-state index in [9.17, 15) is 9.59 Å². The van der Waals surface area contributed by atoms with Crippen molar-refractivity contribution in [1.29, 1.82) is 0 Å². The number of rotatable bonds is 28. The molecule has 0 spiro atoms. The van der Waals surface area contributed by atoms with Crippen molar-refractivity contribution < 1.29 is 14.3 Å². The summed E-state index contributed by atoms with van der Waals surface area (Å²) in [5.74, 6) is -0.0924. The molecule has 208 valence electrons. The highest BCUT2D eigenvalue weighted by atomic mass is 16.5. The van der Waals surface area contributed by atoms with Crippen LogP contribution in [0.2, 0.25) is 0 Å². The Morgan fingerprint density at radius 2 is 0.886 bits per heavy atom. The average Bonchev–Trinajstić information content (AvgIpc) is 2.85. The second-order valence-electron chi connectivity index (χ2n) is 10.5. The Bertz CT molecular complexity index is 453. The number of ether oxygens (including phenoxy) is 1. The minimum atomic E-state index is -0.158. The Kier molecular flexibility index (Phi) is 28.3. The van der Waals surface area contributed by atoms with E-state index in [0.29, 0.717) is 25.9 Å². The highest BCUT2D eigenvalue weighted by molar-refractivity contribution is 5.76. The topological polar surface area (TPSA) is 55.4 Å². The minimum Gasteiger partial charge on any atom is -0.466 e. The van der Waals surface area contributed by atoms with Gasteiger partial charge < -0.3 is 10.1 Å². The Labute approximate surface area is 219 Å². The van der Waals surface area contributed by atoms with E-state index >= 15 is 0 Å². The van der Waals surface area contributed by atoms with Gasteiger partial charge in [-0.25, -0.2) is 0 Å². The molecule has 0 bridgehead atoms. The maximum atomic E-state index is 11.9. The third-order valence-corrected chi connectivity index (χ3v) is 6.90. The first-order valence-corrected chi connectivity index (χ1v) is 15.6. The van der Waals surface area contributed by atoms with Gasteiger partial charge in [0.25, 0.3) is 0 Å². The maximum absolute atomic E-state index is 11.9. The van der Waals surface area contributed by atoms with Crippen LogP contribution in [-0.2, 0) is 14.3 Å². The van der Waals surface area contributed by atoms with Crippen molar-refractivity contribution in [3.05, 3.63) is 0 Å². The van der Waals surface area contributed by atoms with Crippen molar-refractivity contribution in [2.75, 3.05) is 13.2 Å². The Morgan fingerprint density at radius 3 is 1.34 bits per heavy atom. The average molecular weight is 496 g/mol. The highest BCUT2D eigenvalue weighted by Gasteiger charge is 2.06. The molecule has 0 saturated heterocycles. The molecule has 0 aromatic carbocycles. The van der Waals surface area contributed by atoms with Crippen LogP contribution in [0.15, 0.2) is 0 Å². The van der Waals surface area contributed by atoms with Crippen LogP contribution in [-0.4, -0.2) is 25.0 Å². The molecule has 0 atom stereocenters. The van der Waals surface area contributed by atoms with Gasteiger partial charge >= 0.3 is 5.97 Å². The molecular weight excluding hydrogens is 434 g/mol. The second kappa shape index (κ2) is 29.2. The number of hydrogen-bond donors (Lipinski definition) is 1. The first kappa shape index (κ1) is 33.9. The molecule has 0 rings (SSSR count). The predicted molar refractivity (Wildman–Crippen MR) is 151 cm³/mol. The van der Waals surface area contributed by atoms with Gasteiger partial charge in [0.1, 0.15) is 0 Å². The molecule has 4 heteroatoms. The van der Waals surface area contributed by atoms with Gasteiger partial charge in [0.2, 0.25) is 5.91 Å². The van der Waals surface area contributed by atoms with Gasteiger partial charge in [0.05, 0.1) is 6.61 Å². The van der Waals surface area contributed by atoms with Gasteiger partial charge in [-0.05, 0) is 19.3 Å². The number of carbonyl (C=O) groups excluding carboxylic acids is 2. The fraction of sp³-hybridized carbons (Fsp3) is 0.935. The van der Waals surface area contributed by atoms with E-state index in [1.54, 1.807) is 0 Å². The normalized spacial score (nSPS) is 11.0. The Balaban J connectivity index is 3.28. The summed E-state index contributed by atoms with van der Waals surface area (Å²) in [5, 5.41) is 2.99. The Hall–Kier alpha value is -1.06. The van der Waals surface area contributed by atoms with Crippen LogP contribution >= 0.6 is 0 Å². The van der Waals surface area contributed by atoms with E-state index in [4.69, 9.17) is 4.74 Å². The van der Waals surface area contributed by atoms with Crippen LogP contribution in [0.5, 0.6) is 0 Å². The molecule has 0 radical (unpaired) electrons. The number of esters is 1. The largest absolute Gasteiger partial charge is 0.466 e. The molecule has 0 heterocycles. The van der Waals surface area contributed by atoms with Crippen LogP contribution in [0.25, 0.3) is 0 Å². The zero-order valence-corrected chi connectivity index (χ0v) is 23.8. The molecule has 0 saturated carbocycles. The van der Waals surface area contributed by atoms with Crippen molar-refractivity contribution in [3.63, 3.8) is 0 Å². The highest BCUT2D eigenvalue weighted by Crippen LogP contribution is 2.12. The van der Waals surface area contributed by atoms with Crippen molar-refractivity contribution in [1.82, 2.24) is 5.32 Å². The number of unbranched alkanes of at least 4 members (excludes halogenated alkanes) is 20. The van der Waals surface area contributed by atoms with E-state index in [1.807, 2.05) is 0 Å². The van der Waals surface area contributed by atoms with Crippen LogP contribution in [0.3, 0.4) is 0 Å². The second-order valence-corrected chi connectivity index (χ2v) is 10.5. The molecule has 0 aliphatic heterocycles. The summed E-state index contributed by atoms with van der Waals surface area (Å²) in [6, 6.07) is 0. The SMILES string of the molecule is CCCCCCCCCCCCCCNC(=O)CCCC(=O)OCCCCCCCCCCCC. The van der Waals surface area contributed by atoms with Gasteiger partial charge in [-0.15, -0.1) is 0 Å². The van der Waals surface area contributed by atoms with Crippen molar-refractivity contribution in [2.45, 2.75) is 174 Å². The van der Waals surface area contributed by atoms with Crippen LogP contribution in [0.4, 0.5) is 0 Å². The molecule has 0 aliphatic carbocycles. The van der Waals surface area contributed by atoms with E-state index in [1.165, 1.54) is 122 Å². The van der Waals surface area contributed by atoms with Gasteiger partial charge in [0.15, 0.2) is 0 Å². The summed E-state index contributed by atoms with van der Waals surface area (Å²) in [6.45, 7) is 5.82. The fourth-order valence-electron chi connectivity index (χ4n) is 4.52. The number of nitrogens with one attached hydrogen (secondary N) is 1. The van der Waals surface area contributed by atoms with Crippen molar-refractivity contribution in [2.24, 2.45) is 0 Å². The molecule has 35 heavy (non-hydrogen) atoms. The smallest absolute Gasteiger partial charge is 0.305 e. The molecule has 1 amide bonds. The van der Waals surface area contributed by atoms with Gasteiger partial charge in [-0.3, -0.25) is 9.59 Å². The standard InChI is InChI=1S/C31H61NO3/c1-3-5-7-9-11-13-15-16-17-19-21-23-28-32-30(33)26-25-27-31(34)35-29-24-22-20-18-14-12-10-8-6-4-2/h3-29H2,1-2H3,(H,32,33). The first-order valence-electron chi connectivity index (χ1n) is 15.6. The zero-order valence-electron chi connectivity index (χ0n) is 23.8. The lowest BCUT2D eigenvalue weighted by Gasteiger charge is -2.07. The van der Waals surface area contributed by atoms with Crippen LogP contribution < -0.4 is 5.32 Å². The summed E-state index contributed by atoms with van der Waals surface area (Å²) < 4.78 is 5.31. The Morgan fingerprint density at radius 1 is 0.486 bits per heavy atom. The minimum absolute atomic E-state index is 0.0653. The van der Waals surface area contributed by atoms with Crippen molar-refractivity contribution >= 4 is 11.9 Å². The molecule has 0 fully saturated rings. The summed E-state index contributed by atoms with van der Waals surface area (Å²) >= 11 is 0. The number of carbonyl (C=O) groups is 2. The number of hydrogen-bond acceptors (Lipinski definition) is 3. The quantitative estimate of drug-likeness (QED) is 0.0868. The first-order chi connectivity index (χ1) is 17.2. The summed E-state index contributed by atoms with van der Waals surface area (Å²) in [7, 11) is 0. The summed E-state index contributed by atoms with van der Waals surface area (Å²) in [4.78, 5) is 23.7. The summed E-state index contributed by atoms with van der Waals surface area (Å²) in [5.41, 5.74) is 0. The van der Waals surface area contributed by atoms with Crippen molar-refractivity contribution in [3.8, 4) is 0 Å². The third-order valence-electron chi connectivity index (χ3n) is 6.90. The molecule has 0 aromatic heterocycles. The van der Waals surface area contributed by atoms with E-state index in [-0.39, 0.29) is 11.9 Å². The zero-order chi connectivity index (χ0) is 25.7. The fourth-order valence-corrected chi connectivity index (χ4v) is 4.52. The summed E-state index contributed by atoms with van der Waals surface area (Å²) in [6.07, 6.45) is 30.1. The van der Waals surface area contributed by atoms with E-state index in [0.717, 1.165) is 25.8 Å². The van der Waals surface area contributed by atoms with Crippen LogP contribution in [0, 0.1) is 0 Å². The molecule has 0 aromatic rings. The van der Waals surface area contributed by atoms with Crippen LogP contribution in [0.1, 0.15) is 174 Å². The predicted octanol–water partition coefficient (Wildman–Crippen LogP) is 9.44. The molecule has 0 unspecified atom stereocenters. The van der Waals surface area contributed by atoms with E-state index in [2.05, 4.69) is 19.2 Å². The lowest BCUT2D eigenvalue weighted by Crippen LogP contribution is -2.24. The number of amides is 1.